The monoisotopic (exact) mass is 332 g/mol. The van der Waals surface area contributed by atoms with Gasteiger partial charge in [0.05, 0.1) is 38.1 Å². The van der Waals surface area contributed by atoms with Crippen molar-refractivity contribution in [3.05, 3.63) is 46.5 Å². The number of nitrogens with zero attached hydrogens (tertiary/aromatic N) is 1. The summed E-state index contributed by atoms with van der Waals surface area (Å²) in [4.78, 5) is 0. The Morgan fingerprint density at radius 2 is 1.70 bits per heavy atom. The standard InChI is InChI=1S/C17H17ClN2O3/c1-21-13-7-16(22-2)14(17(8-13)23-3)10-20-15-6-12(18)5-4-11(15)9-19/h4-8,20H,10H2,1-3H3. The lowest BCUT2D eigenvalue weighted by Gasteiger charge is -2.16. The maximum absolute atomic E-state index is 9.18. The van der Waals surface area contributed by atoms with Crippen molar-refractivity contribution in [3.8, 4) is 23.3 Å². The lowest BCUT2D eigenvalue weighted by atomic mass is 10.1. The molecule has 23 heavy (non-hydrogen) atoms. The van der Waals surface area contributed by atoms with E-state index in [1.54, 1.807) is 51.7 Å². The Balaban J connectivity index is 2.34. The summed E-state index contributed by atoms with van der Waals surface area (Å²) in [7, 11) is 4.74. The van der Waals surface area contributed by atoms with Crippen LogP contribution >= 0.6 is 11.6 Å². The molecular weight excluding hydrogens is 316 g/mol. The molecule has 0 aliphatic heterocycles. The van der Waals surface area contributed by atoms with Crippen molar-refractivity contribution in [2.45, 2.75) is 6.54 Å². The first-order chi connectivity index (χ1) is 11.1. The lowest BCUT2D eigenvalue weighted by molar-refractivity contribution is 0.369. The number of hydrogen-bond donors (Lipinski definition) is 1. The van der Waals surface area contributed by atoms with Gasteiger partial charge < -0.3 is 19.5 Å². The number of nitrogens with one attached hydrogen (secondary N) is 1. The topological polar surface area (TPSA) is 63.5 Å². The van der Waals surface area contributed by atoms with Crippen LogP contribution < -0.4 is 19.5 Å². The highest BCUT2D eigenvalue weighted by molar-refractivity contribution is 6.30. The zero-order chi connectivity index (χ0) is 16.8. The second kappa shape index (κ2) is 7.61. The van der Waals surface area contributed by atoms with Gasteiger partial charge in [-0.2, -0.15) is 5.26 Å². The van der Waals surface area contributed by atoms with Crippen LogP contribution in [0.1, 0.15) is 11.1 Å². The average molecular weight is 333 g/mol. The van der Waals surface area contributed by atoms with E-state index in [4.69, 9.17) is 25.8 Å². The molecule has 5 nitrogen and oxygen atoms in total. The van der Waals surface area contributed by atoms with Gasteiger partial charge in [0.1, 0.15) is 23.3 Å². The highest BCUT2D eigenvalue weighted by Gasteiger charge is 2.14. The quantitative estimate of drug-likeness (QED) is 0.870. The third kappa shape index (κ3) is 3.79. The fourth-order valence-corrected chi connectivity index (χ4v) is 2.37. The molecule has 0 spiro atoms. The van der Waals surface area contributed by atoms with Crippen LogP contribution in [0.4, 0.5) is 5.69 Å². The normalized spacial score (nSPS) is 9.87. The third-order valence-corrected chi connectivity index (χ3v) is 3.61. The van der Waals surface area contributed by atoms with Crippen molar-refractivity contribution in [1.82, 2.24) is 0 Å². The van der Waals surface area contributed by atoms with Crippen molar-refractivity contribution < 1.29 is 14.2 Å². The number of benzene rings is 2. The molecule has 0 atom stereocenters. The van der Waals surface area contributed by atoms with Gasteiger partial charge in [0.15, 0.2) is 0 Å². The van der Waals surface area contributed by atoms with Crippen LogP contribution in [0.25, 0.3) is 0 Å². The lowest BCUT2D eigenvalue weighted by Crippen LogP contribution is -2.06. The van der Waals surface area contributed by atoms with E-state index in [1.165, 1.54) is 0 Å². The van der Waals surface area contributed by atoms with Crippen LogP contribution in [0.3, 0.4) is 0 Å². The van der Waals surface area contributed by atoms with Crippen LogP contribution in [-0.2, 0) is 6.54 Å². The number of anilines is 1. The molecule has 0 fully saturated rings. The Kier molecular flexibility index (Phi) is 5.56. The van der Waals surface area contributed by atoms with E-state index in [2.05, 4.69) is 11.4 Å². The van der Waals surface area contributed by atoms with Gasteiger partial charge in [-0.1, -0.05) is 11.6 Å². The van der Waals surface area contributed by atoms with E-state index in [9.17, 15) is 5.26 Å². The number of nitriles is 1. The molecular formula is C17H17ClN2O3. The van der Waals surface area contributed by atoms with Gasteiger partial charge in [-0.15, -0.1) is 0 Å². The Bertz CT molecular complexity index is 716. The molecule has 0 saturated carbocycles. The summed E-state index contributed by atoms with van der Waals surface area (Å²) in [5.41, 5.74) is 1.99. The first kappa shape index (κ1) is 16.8. The Morgan fingerprint density at radius 1 is 1.04 bits per heavy atom. The van der Waals surface area contributed by atoms with Gasteiger partial charge >= 0.3 is 0 Å². The van der Waals surface area contributed by atoms with E-state index in [0.717, 1.165) is 5.56 Å². The van der Waals surface area contributed by atoms with Crippen LogP contribution in [0.2, 0.25) is 5.02 Å². The van der Waals surface area contributed by atoms with Crippen LogP contribution in [0, 0.1) is 11.3 Å². The van der Waals surface area contributed by atoms with E-state index < -0.39 is 0 Å². The second-order valence-corrected chi connectivity index (χ2v) is 5.10. The van der Waals surface area contributed by atoms with Gasteiger partial charge in [0.2, 0.25) is 0 Å². The maximum Gasteiger partial charge on any atom is 0.131 e. The molecule has 0 heterocycles. The van der Waals surface area contributed by atoms with Gasteiger partial charge in [-0.25, -0.2) is 0 Å². The third-order valence-electron chi connectivity index (χ3n) is 3.37. The molecule has 0 aromatic heterocycles. The molecule has 0 aliphatic rings. The molecule has 0 amide bonds. The number of halogens is 1. The summed E-state index contributed by atoms with van der Waals surface area (Å²) in [6, 6.07) is 10.8. The predicted molar refractivity (Wildman–Crippen MR) is 89.6 cm³/mol. The minimum Gasteiger partial charge on any atom is -0.496 e. The molecule has 0 radical (unpaired) electrons. The Morgan fingerprint density at radius 3 is 2.22 bits per heavy atom. The first-order valence-corrected chi connectivity index (χ1v) is 7.23. The molecule has 2 aromatic carbocycles. The minimum atomic E-state index is 0.408. The van der Waals surface area contributed by atoms with Crippen molar-refractivity contribution in [3.63, 3.8) is 0 Å². The van der Waals surface area contributed by atoms with E-state index in [0.29, 0.717) is 40.1 Å². The second-order valence-electron chi connectivity index (χ2n) is 4.67. The molecule has 2 aromatic rings. The summed E-state index contributed by atoms with van der Waals surface area (Å²) >= 11 is 6.00. The van der Waals surface area contributed by atoms with Crippen LogP contribution in [0.15, 0.2) is 30.3 Å². The van der Waals surface area contributed by atoms with Crippen molar-refractivity contribution in [1.29, 1.82) is 5.26 Å². The molecule has 0 aliphatic carbocycles. The molecule has 0 saturated heterocycles. The summed E-state index contributed by atoms with van der Waals surface area (Å²) in [6.07, 6.45) is 0. The van der Waals surface area contributed by atoms with Crippen molar-refractivity contribution in [2.24, 2.45) is 0 Å². The van der Waals surface area contributed by atoms with Crippen molar-refractivity contribution >= 4 is 17.3 Å². The number of hydrogen-bond acceptors (Lipinski definition) is 5. The summed E-state index contributed by atoms with van der Waals surface area (Å²) in [5, 5.41) is 12.9. The summed E-state index contributed by atoms with van der Waals surface area (Å²) in [6.45, 7) is 0.408. The summed E-state index contributed by atoms with van der Waals surface area (Å²) < 4.78 is 16.0. The number of ether oxygens (including phenoxy) is 3. The predicted octanol–water partition coefficient (Wildman–Crippen LogP) is 3.85. The van der Waals surface area contributed by atoms with Gasteiger partial charge in [-0.05, 0) is 18.2 Å². The average Bonchev–Trinajstić information content (AvgIpc) is 2.59. The fraction of sp³-hybridized carbons (Fsp3) is 0.235. The Hall–Kier alpha value is -2.58. The van der Waals surface area contributed by atoms with E-state index in [-0.39, 0.29) is 0 Å². The Labute approximate surface area is 140 Å². The van der Waals surface area contributed by atoms with Gasteiger partial charge in [-0.3, -0.25) is 0 Å². The first-order valence-electron chi connectivity index (χ1n) is 6.85. The van der Waals surface area contributed by atoms with E-state index >= 15 is 0 Å². The molecule has 0 bridgehead atoms. The summed E-state index contributed by atoms with van der Waals surface area (Å²) in [5.74, 6) is 1.91. The zero-order valence-corrected chi connectivity index (χ0v) is 13.9. The fourth-order valence-electron chi connectivity index (χ4n) is 2.20. The highest BCUT2D eigenvalue weighted by atomic mass is 35.5. The SMILES string of the molecule is COc1cc(OC)c(CNc2cc(Cl)ccc2C#N)c(OC)c1. The molecule has 2 rings (SSSR count). The zero-order valence-electron chi connectivity index (χ0n) is 13.1. The maximum atomic E-state index is 9.18. The molecule has 120 valence electrons. The largest absolute Gasteiger partial charge is 0.496 e. The van der Waals surface area contributed by atoms with E-state index in [1.807, 2.05) is 0 Å². The molecule has 6 heteroatoms. The van der Waals surface area contributed by atoms with Crippen molar-refractivity contribution in [2.75, 3.05) is 26.6 Å². The van der Waals surface area contributed by atoms with Crippen LogP contribution in [-0.4, -0.2) is 21.3 Å². The molecule has 0 unspecified atom stereocenters. The minimum absolute atomic E-state index is 0.408. The van der Waals surface area contributed by atoms with Gasteiger partial charge in [0, 0.05) is 23.7 Å². The highest BCUT2D eigenvalue weighted by Crippen LogP contribution is 2.34. The molecule has 1 N–H and O–H groups in total. The van der Waals surface area contributed by atoms with Gasteiger partial charge in [0.25, 0.3) is 0 Å². The van der Waals surface area contributed by atoms with Crippen LogP contribution in [0.5, 0.6) is 17.2 Å². The number of methoxy groups -OCH3 is 3. The number of rotatable bonds is 6. The smallest absolute Gasteiger partial charge is 0.131 e.